The van der Waals surface area contributed by atoms with Crippen molar-refractivity contribution in [1.82, 2.24) is 4.98 Å². The smallest absolute Gasteiger partial charge is 0.307 e. The van der Waals surface area contributed by atoms with Crippen molar-refractivity contribution in [3.63, 3.8) is 0 Å². The first kappa shape index (κ1) is 13.2. The van der Waals surface area contributed by atoms with E-state index in [-0.39, 0.29) is 6.03 Å². The van der Waals surface area contributed by atoms with E-state index in [0.717, 1.165) is 11.1 Å². The van der Waals surface area contributed by atoms with E-state index in [1.807, 2.05) is 13.0 Å². The summed E-state index contributed by atoms with van der Waals surface area (Å²) in [6.07, 6.45) is 1.54. The van der Waals surface area contributed by atoms with Crippen LogP contribution in [0.4, 0.5) is 16.3 Å². The molecule has 0 saturated heterocycles. The Morgan fingerprint density at radius 2 is 2.00 bits per heavy atom. The van der Waals surface area contributed by atoms with Crippen molar-refractivity contribution in [2.24, 2.45) is 0 Å². The molecule has 1 aliphatic heterocycles. The third kappa shape index (κ3) is 2.11. The topological polar surface area (TPSA) is 45.2 Å². The molecule has 0 radical (unpaired) electrons. The quantitative estimate of drug-likeness (QED) is 0.847. The maximum absolute atomic E-state index is 12.3. The van der Waals surface area contributed by atoms with Gasteiger partial charge < -0.3 is 5.32 Å². The van der Waals surface area contributed by atoms with E-state index in [1.165, 1.54) is 6.20 Å². The van der Waals surface area contributed by atoms with E-state index >= 15 is 0 Å². The van der Waals surface area contributed by atoms with Crippen molar-refractivity contribution in [3.8, 4) is 11.1 Å². The van der Waals surface area contributed by atoms with Crippen LogP contribution < -0.4 is 10.2 Å². The number of carbonyl (C=O) groups is 1. The zero-order valence-electron chi connectivity index (χ0n) is 10.7. The molecule has 0 fully saturated rings. The zero-order chi connectivity index (χ0) is 14.3. The maximum Gasteiger partial charge on any atom is 0.327 e. The van der Waals surface area contributed by atoms with Gasteiger partial charge in [0.25, 0.3) is 0 Å². The zero-order valence-corrected chi connectivity index (χ0v) is 12.2. The summed E-state index contributed by atoms with van der Waals surface area (Å²) in [7, 11) is 0. The van der Waals surface area contributed by atoms with Gasteiger partial charge in [-0.25, -0.2) is 9.78 Å². The van der Waals surface area contributed by atoms with Crippen molar-refractivity contribution < 1.29 is 4.79 Å². The summed E-state index contributed by atoms with van der Waals surface area (Å²) < 4.78 is 0. The molecule has 6 heteroatoms. The van der Waals surface area contributed by atoms with Crippen LogP contribution in [0, 0.1) is 0 Å². The van der Waals surface area contributed by atoms with Gasteiger partial charge in [0.2, 0.25) is 0 Å². The summed E-state index contributed by atoms with van der Waals surface area (Å²) in [5.41, 5.74) is 2.32. The van der Waals surface area contributed by atoms with E-state index in [2.05, 4.69) is 10.3 Å². The van der Waals surface area contributed by atoms with Crippen molar-refractivity contribution >= 4 is 40.7 Å². The Labute approximate surface area is 126 Å². The molecule has 0 saturated carbocycles. The van der Waals surface area contributed by atoms with Gasteiger partial charge in [-0.3, -0.25) is 4.90 Å². The molecule has 4 nitrogen and oxygen atoms in total. The normalized spacial score (nSPS) is 13.3. The molecule has 1 aromatic carbocycles. The molecule has 1 aromatic heterocycles. The fraction of sp³-hybridized carbons (Fsp3) is 0.143. The predicted molar refractivity (Wildman–Crippen MR) is 81.7 cm³/mol. The molecule has 20 heavy (non-hydrogen) atoms. The Balaban J connectivity index is 2.31. The van der Waals surface area contributed by atoms with Gasteiger partial charge in [-0.05, 0) is 25.1 Å². The minimum absolute atomic E-state index is 0.232. The monoisotopic (exact) mass is 307 g/mol. The van der Waals surface area contributed by atoms with Crippen molar-refractivity contribution in [1.29, 1.82) is 0 Å². The maximum atomic E-state index is 12.3. The molecule has 0 bridgehead atoms. The number of nitrogens with one attached hydrogen (secondary N) is 1. The summed E-state index contributed by atoms with van der Waals surface area (Å²) in [4.78, 5) is 18.1. The predicted octanol–water partition coefficient (Wildman–Crippen LogP) is 4.43. The lowest BCUT2D eigenvalue weighted by atomic mass is 10.0. The number of amides is 2. The first-order valence-corrected chi connectivity index (χ1v) is 6.89. The number of carbonyl (C=O) groups excluding carboxylic acids is 1. The third-order valence-electron chi connectivity index (χ3n) is 3.16. The molecule has 2 aromatic rings. The second-order valence-electron chi connectivity index (χ2n) is 4.39. The minimum atomic E-state index is -0.232. The Bertz CT molecular complexity index is 703. The van der Waals surface area contributed by atoms with Crippen LogP contribution >= 0.6 is 23.2 Å². The van der Waals surface area contributed by atoms with Gasteiger partial charge in [0.1, 0.15) is 5.82 Å². The van der Waals surface area contributed by atoms with Gasteiger partial charge in [-0.1, -0.05) is 29.3 Å². The van der Waals surface area contributed by atoms with Crippen LogP contribution in [0.5, 0.6) is 0 Å². The fourth-order valence-electron chi connectivity index (χ4n) is 2.27. The Hall–Kier alpha value is -1.78. The average Bonchev–Trinajstić information content (AvgIpc) is 2.51. The van der Waals surface area contributed by atoms with Crippen LogP contribution in [-0.2, 0) is 0 Å². The highest BCUT2D eigenvalue weighted by atomic mass is 35.5. The molecule has 2 amide bonds. The highest BCUT2D eigenvalue weighted by Crippen LogP contribution is 2.39. The van der Waals surface area contributed by atoms with Crippen LogP contribution in [0.15, 0.2) is 30.5 Å². The Morgan fingerprint density at radius 1 is 1.20 bits per heavy atom. The highest BCUT2D eigenvalue weighted by molar-refractivity contribution is 6.32. The van der Waals surface area contributed by atoms with Gasteiger partial charge in [0.15, 0.2) is 0 Å². The largest absolute Gasteiger partial charge is 0.327 e. The number of anilines is 2. The van der Waals surface area contributed by atoms with E-state index in [4.69, 9.17) is 23.2 Å². The first-order chi connectivity index (χ1) is 9.60. The number of halogens is 2. The Kier molecular flexibility index (Phi) is 3.28. The number of nitrogens with zero attached hydrogens (tertiary/aromatic N) is 2. The molecule has 0 spiro atoms. The average molecular weight is 308 g/mol. The molecule has 102 valence electrons. The number of fused-ring (bicyclic) bond motifs is 3. The first-order valence-electron chi connectivity index (χ1n) is 6.14. The number of urea groups is 1. The molecule has 0 aliphatic carbocycles. The van der Waals surface area contributed by atoms with Crippen molar-refractivity contribution in [2.45, 2.75) is 6.92 Å². The van der Waals surface area contributed by atoms with Crippen LogP contribution in [-0.4, -0.2) is 17.6 Å². The number of aromatic nitrogens is 1. The minimum Gasteiger partial charge on any atom is -0.307 e. The lowest BCUT2D eigenvalue weighted by Gasteiger charge is -2.19. The molecular weight excluding hydrogens is 297 g/mol. The third-order valence-corrected chi connectivity index (χ3v) is 3.61. The molecule has 0 unspecified atom stereocenters. The summed E-state index contributed by atoms with van der Waals surface area (Å²) >= 11 is 12.0. The lowest BCUT2D eigenvalue weighted by molar-refractivity contribution is 0.257. The van der Waals surface area contributed by atoms with Crippen molar-refractivity contribution in [3.05, 3.63) is 40.5 Å². The molecule has 0 atom stereocenters. The number of hydrogen-bond donors (Lipinski definition) is 1. The molecular formula is C14H11Cl2N3O. The van der Waals surface area contributed by atoms with Gasteiger partial charge in [-0.2, -0.15) is 0 Å². The van der Waals surface area contributed by atoms with Gasteiger partial charge in [0.05, 0.1) is 10.7 Å². The van der Waals surface area contributed by atoms with Crippen LogP contribution in [0.25, 0.3) is 11.1 Å². The van der Waals surface area contributed by atoms with Crippen molar-refractivity contribution in [2.75, 3.05) is 16.8 Å². The summed E-state index contributed by atoms with van der Waals surface area (Å²) in [5.74, 6) is 0.593. The van der Waals surface area contributed by atoms with E-state index < -0.39 is 0 Å². The fourth-order valence-corrected chi connectivity index (χ4v) is 2.60. The van der Waals surface area contributed by atoms with Crippen LogP contribution in [0.2, 0.25) is 10.0 Å². The molecule has 1 N–H and O–H groups in total. The highest BCUT2D eigenvalue weighted by Gasteiger charge is 2.25. The second kappa shape index (κ2) is 4.96. The number of benzene rings is 1. The molecule has 2 heterocycles. The van der Waals surface area contributed by atoms with E-state index in [1.54, 1.807) is 23.1 Å². The van der Waals surface area contributed by atoms with Gasteiger partial charge in [0, 0.05) is 28.9 Å². The number of rotatable bonds is 1. The SMILES string of the molecule is CCN1C(=O)Nc2cc(Cl)ccc2-c2cc(Cl)cnc21. The van der Waals surface area contributed by atoms with Gasteiger partial charge in [-0.15, -0.1) is 0 Å². The Morgan fingerprint density at radius 3 is 2.75 bits per heavy atom. The summed E-state index contributed by atoms with van der Waals surface area (Å²) in [6, 6.07) is 6.93. The molecule has 1 aliphatic rings. The summed E-state index contributed by atoms with van der Waals surface area (Å²) in [5, 5.41) is 3.93. The van der Waals surface area contributed by atoms with Crippen LogP contribution in [0.1, 0.15) is 6.92 Å². The summed E-state index contributed by atoms with van der Waals surface area (Å²) in [6.45, 7) is 2.40. The number of pyridine rings is 1. The lowest BCUT2D eigenvalue weighted by Crippen LogP contribution is -2.34. The standard InChI is InChI=1S/C14H11Cl2N3O/c1-2-19-13-11(5-9(16)7-17-13)10-4-3-8(15)6-12(10)18-14(19)20/h3-7H,2H2,1H3,(H,18,20). The van der Waals surface area contributed by atoms with E-state index in [0.29, 0.717) is 28.1 Å². The van der Waals surface area contributed by atoms with Gasteiger partial charge >= 0.3 is 6.03 Å². The van der Waals surface area contributed by atoms with Crippen LogP contribution in [0.3, 0.4) is 0 Å². The number of hydrogen-bond acceptors (Lipinski definition) is 2. The molecule has 3 rings (SSSR count). The second-order valence-corrected chi connectivity index (χ2v) is 5.26. The van der Waals surface area contributed by atoms with E-state index in [9.17, 15) is 4.79 Å².